The lowest BCUT2D eigenvalue weighted by molar-refractivity contribution is -0.137. The van der Waals surface area contributed by atoms with E-state index in [9.17, 15) is 13.2 Å². The van der Waals surface area contributed by atoms with Crippen LogP contribution in [0.1, 0.15) is 11.1 Å². The summed E-state index contributed by atoms with van der Waals surface area (Å²) >= 11 is 5.80. The van der Waals surface area contributed by atoms with E-state index in [0.717, 1.165) is 17.8 Å². The molecule has 3 nitrogen and oxygen atoms in total. The summed E-state index contributed by atoms with van der Waals surface area (Å²) in [6, 6.07) is 8.22. The second-order valence-corrected chi connectivity index (χ2v) is 4.88. The van der Waals surface area contributed by atoms with Gasteiger partial charge in [0, 0.05) is 18.4 Å². The number of anilines is 2. The Morgan fingerprint density at radius 3 is 2.43 bits per heavy atom. The fraction of sp³-hybridized carbons (Fsp3) is 0.214. The highest BCUT2D eigenvalue weighted by Gasteiger charge is 2.31. The molecule has 0 unspecified atom stereocenters. The molecule has 2 aromatic rings. The first kappa shape index (κ1) is 15.4. The number of benzene rings is 1. The quantitative estimate of drug-likeness (QED) is 0.839. The number of hydrogen-bond acceptors (Lipinski definition) is 3. The summed E-state index contributed by atoms with van der Waals surface area (Å²) in [6.45, 7) is 0.502. The summed E-state index contributed by atoms with van der Waals surface area (Å²) in [5.74, 6) is 0.236. The number of hydrogen-bond donors (Lipinski definition) is 2. The average Bonchev–Trinajstić information content (AvgIpc) is 2.41. The Labute approximate surface area is 124 Å². The predicted molar refractivity (Wildman–Crippen MR) is 77.3 cm³/mol. The van der Waals surface area contributed by atoms with Crippen LogP contribution in [0.15, 0.2) is 36.5 Å². The molecule has 3 N–H and O–H groups in total. The molecule has 0 saturated carbocycles. The third kappa shape index (κ3) is 4.26. The van der Waals surface area contributed by atoms with Crippen LogP contribution in [-0.4, -0.2) is 11.5 Å². The second kappa shape index (κ2) is 6.22. The first-order chi connectivity index (χ1) is 9.86. The molecule has 1 heterocycles. The molecule has 0 aliphatic heterocycles. The van der Waals surface area contributed by atoms with E-state index in [4.69, 9.17) is 17.3 Å². The van der Waals surface area contributed by atoms with E-state index in [2.05, 4.69) is 10.3 Å². The van der Waals surface area contributed by atoms with Gasteiger partial charge in [0.15, 0.2) is 0 Å². The van der Waals surface area contributed by atoms with Crippen molar-refractivity contribution in [2.45, 2.75) is 12.6 Å². The molecule has 0 bridgehead atoms. The van der Waals surface area contributed by atoms with Gasteiger partial charge in [0.1, 0.15) is 5.82 Å². The van der Waals surface area contributed by atoms with Crippen molar-refractivity contribution in [3.63, 3.8) is 0 Å². The Kier molecular flexibility index (Phi) is 4.57. The van der Waals surface area contributed by atoms with Gasteiger partial charge >= 0.3 is 6.18 Å². The van der Waals surface area contributed by atoms with E-state index < -0.39 is 11.7 Å². The highest BCUT2D eigenvalue weighted by molar-refractivity contribution is 6.32. The SMILES string of the molecule is Nc1ccc(CCNc2ncc(C(F)(F)F)cc2Cl)cc1. The fourth-order valence-corrected chi connectivity index (χ4v) is 1.97. The van der Waals surface area contributed by atoms with Gasteiger partial charge in [-0.1, -0.05) is 23.7 Å². The molecule has 112 valence electrons. The average molecular weight is 316 g/mol. The molecule has 0 atom stereocenters. The smallest absolute Gasteiger partial charge is 0.399 e. The minimum Gasteiger partial charge on any atom is -0.399 e. The summed E-state index contributed by atoms with van der Waals surface area (Å²) in [5, 5.41) is 2.86. The zero-order chi connectivity index (χ0) is 15.5. The number of nitrogens with one attached hydrogen (secondary N) is 1. The number of pyridine rings is 1. The molecule has 21 heavy (non-hydrogen) atoms. The molecule has 0 aliphatic rings. The van der Waals surface area contributed by atoms with Gasteiger partial charge in [-0.25, -0.2) is 4.98 Å². The van der Waals surface area contributed by atoms with Crippen molar-refractivity contribution in [2.75, 3.05) is 17.6 Å². The summed E-state index contributed by atoms with van der Waals surface area (Å²) < 4.78 is 37.4. The van der Waals surface area contributed by atoms with Crippen molar-refractivity contribution in [1.29, 1.82) is 0 Å². The molecular weight excluding hydrogens is 303 g/mol. The van der Waals surface area contributed by atoms with Gasteiger partial charge in [-0.15, -0.1) is 0 Å². The Morgan fingerprint density at radius 1 is 1.19 bits per heavy atom. The van der Waals surface area contributed by atoms with Gasteiger partial charge in [0.2, 0.25) is 0 Å². The van der Waals surface area contributed by atoms with Crippen molar-refractivity contribution in [1.82, 2.24) is 4.98 Å². The molecule has 7 heteroatoms. The Bertz CT molecular complexity index is 612. The number of alkyl halides is 3. The van der Waals surface area contributed by atoms with Gasteiger partial charge in [-0.05, 0) is 30.2 Å². The summed E-state index contributed by atoms with van der Waals surface area (Å²) in [6.07, 6.45) is -3.00. The molecule has 0 amide bonds. The first-order valence-electron chi connectivity index (χ1n) is 6.17. The number of aromatic nitrogens is 1. The number of halogens is 4. The van der Waals surface area contributed by atoms with Crippen molar-refractivity contribution >= 4 is 23.1 Å². The minimum atomic E-state index is -4.45. The molecule has 0 fully saturated rings. The van der Waals surface area contributed by atoms with Gasteiger partial charge in [0.05, 0.1) is 10.6 Å². The van der Waals surface area contributed by atoms with Crippen molar-refractivity contribution in [3.05, 3.63) is 52.7 Å². The van der Waals surface area contributed by atoms with Crippen LogP contribution in [0.5, 0.6) is 0 Å². The highest BCUT2D eigenvalue weighted by Crippen LogP contribution is 2.32. The van der Waals surface area contributed by atoms with Crippen LogP contribution in [0.2, 0.25) is 5.02 Å². The van der Waals surface area contributed by atoms with Crippen LogP contribution in [0, 0.1) is 0 Å². The van der Waals surface area contributed by atoms with E-state index in [1.54, 1.807) is 12.1 Å². The van der Waals surface area contributed by atoms with Gasteiger partial charge in [-0.3, -0.25) is 0 Å². The molecule has 0 aliphatic carbocycles. The Balaban J connectivity index is 1.96. The monoisotopic (exact) mass is 315 g/mol. The van der Waals surface area contributed by atoms with Crippen LogP contribution in [0.4, 0.5) is 24.7 Å². The molecular formula is C14H13ClF3N3. The third-order valence-corrected chi connectivity index (χ3v) is 3.14. The zero-order valence-corrected chi connectivity index (χ0v) is 11.7. The zero-order valence-electron chi connectivity index (χ0n) is 10.9. The fourth-order valence-electron chi connectivity index (χ4n) is 1.73. The van der Waals surface area contributed by atoms with Crippen LogP contribution in [0.25, 0.3) is 0 Å². The topological polar surface area (TPSA) is 50.9 Å². The van der Waals surface area contributed by atoms with Crippen molar-refractivity contribution in [2.24, 2.45) is 0 Å². The maximum atomic E-state index is 12.5. The van der Waals surface area contributed by atoms with E-state index in [0.29, 0.717) is 18.7 Å². The molecule has 1 aromatic heterocycles. The van der Waals surface area contributed by atoms with E-state index in [1.165, 1.54) is 0 Å². The number of nitrogens with zero attached hydrogens (tertiary/aromatic N) is 1. The molecule has 2 rings (SSSR count). The first-order valence-corrected chi connectivity index (χ1v) is 6.55. The lowest BCUT2D eigenvalue weighted by Gasteiger charge is -2.10. The minimum absolute atomic E-state index is 0.0536. The van der Waals surface area contributed by atoms with Crippen LogP contribution in [-0.2, 0) is 12.6 Å². The summed E-state index contributed by atoms with van der Waals surface area (Å²) in [5.41, 5.74) is 6.45. The van der Waals surface area contributed by atoms with E-state index in [-0.39, 0.29) is 10.8 Å². The maximum Gasteiger partial charge on any atom is 0.417 e. The molecule has 0 saturated heterocycles. The Hall–Kier alpha value is -1.95. The number of rotatable bonds is 4. The largest absolute Gasteiger partial charge is 0.417 e. The van der Waals surface area contributed by atoms with Crippen molar-refractivity contribution in [3.8, 4) is 0 Å². The molecule has 1 aromatic carbocycles. The lowest BCUT2D eigenvalue weighted by Crippen LogP contribution is -2.10. The van der Waals surface area contributed by atoms with Crippen LogP contribution >= 0.6 is 11.6 Å². The second-order valence-electron chi connectivity index (χ2n) is 4.47. The number of nitrogen functional groups attached to an aromatic ring is 1. The Morgan fingerprint density at radius 2 is 1.86 bits per heavy atom. The standard InChI is InChI=1S/C14H13ClF3N3/c15-12-7-10(14(16,17)18)8-21-13(12)20-6-5-9-1-3-11(19)4-2-9/h1-4,7-8H,5-6,19H2,(H,20,21). The molecule has 0 spiro atoms. The van der Waals surface area contributed by atoms with Gasteiger partial charge in [0.25, 0.3) is 0 Å². The number of nitrogens with two attached hydrogens (primary N) is 1. The summed E-state index contributed by atoms with van der Waals surface area (Å²) in [7, 11) is 0. The lowest BCUT2D eigenvalue weighted by atomic mass is 10.1. The highest BCUT2D eigenvalue weighted by atomic mass is 35.5. The van der Waals surface area contributed by atoms with E-state index >= 15 is 0 Å². The van der Waals surface area contributed by atoms with E-state index in [1.807, 2.05) is 12.1 Å². The predicted octanol–water partition coefficient (Wildman–Crippen LogP) is 3.99. The van der Waals surface area contributed by atoms with Crippen LogP contribution in [0.3, 0.4) is 0 Å². The summed E-state index contributed by atoms with van der Waals surface area (Å²) in [4.78, 5) is 3.71. The normalized spacial score (nSPS) is 11.4. The maximum absolute atomic E-state index is 12.5. The van der Waals surface area contributed by atoms with Gasteiger partial charge in [-0.2, -0.15) is 13.2 Å². The van der Waals surface area contributed by atoms with Crippen LogP contribution < -0.4 is 11.1 Å². The van der Waals surface area contributed by atoms with Crippen molar-refractivity contribution < 1.29 is 13.2 Å². The third-order valence-electron chi connectivity index (χ3n) is 2.85. The molecule has 0 radical (unpaired) electrons. The van der Waals surface area contributed by atoms with Gasteiger partial charge < -0.3 is 11.1 Å².